The van der Waals surface area contributed by atoms with Gasteiger partial charge in [-0.3, -0.25) is 14.4 Å². The third-order valence-corrected chi connectivity index (χ3v) is 7.21. The minimum Gasteiger partial charge on any atom is -0.495 e. The Balaban J connectivity index is 1.44. The van der Waals surface area contributed by atoms with Gasteiger partial charge < -0.3 is 25.4 Å². The number of benzene rings is 4. The summed E-state index contributed by atoms with van der Waals surface area (Å²) in [7, 11) is 1.52. The van der Waals surface area contributed by atoms with Crippen LogP contribution in [0.15, 0.2) is 108 Å². The Morgan fingerprint density at radius 1 is 0.860 bits per heavy atom. The molecule has 0 saturated carbocycles. The van der Waals surface area contributed by atoms with Crippen LogP contribution in [0.2, 0.25) is 5.02 Å². The topological polar surface area (TPSA) is 106 Å². The molecule has 0 aliphatic rings. The second-order valence-electron chi connectivity index (χ2n) is 9.01. The summed E-state index contributed by atoms with van der Waals surface area (Å²) in [6, 6.07) is 27.9. The number of methoxy groups -OCH3 is 1. The molecule has 0 spiro atoms. The molecule has 0 bridgehead atoms. The zero-order chi connectivity index (χ0) is 30.6. The van der Waals surface area contributed by atoms with Gasteiger partial charge in [0.05, 0.1) is 25.2 Å². The summed E-state index contributed by atoms with van der Waals surface area (Å²) in [6.07, 6.45) is 1.58. The first-order valence-electron chi connectivity index (χ1n) is 13.3. The third kappa shape index (κ3) is 9.13. The van der Waals surface area contributed by atoms with Crippen molar-refractivity contribution in [1.29, 1.82) is 0 Å². The molecule has 0 radical (unpaired) electrons. The molecule has 4 aromatic rings. The van der Waals surface area contributed by atoms with E-state index in [9.17, 15) is 14.4 Å². The van der Waals surface area contributed by atoms with Crippen LogP contribution in [0.3, 0.4) is 0 Å². The Kier molecular flexibility index (Phi) is 11.2. The summed E-state index contributed by atoms with van der Waals surface area (Å²) in [5, 5.41) is 8.86. The highest BCUT2D eigenvalue weighted by atomic mass is 35.5. The molecule has 0 aliphatic heterocycles. The number of para-hydroxylation sites is 1. The number of hydrogen-bond acceptors (Lipinski definition) is 6. The van der Waals surface area contributed by atoms with E-state index in [1.807, 2.05) is 25.1 Å². The fourth-order valence-corrected chi connectivity index (χ4v) is 4.80. The maximum atomic E-state index is 13.4. The summed E-state index contributed by atoms with van der Waals surface area (Å²) in [6.45, 7) is 2.32. The van der Waals surface area contributed by atoms with Crippen molar-refractivity contribution in [3.8, 4) is 11.5 Å². The summed E-state index contributed by atoms with van der Waals surface area (Å²) in [4.78, 5) is 39.7. The number of anilines is 2. The number of carbonyl (C=O) groups excluding carboxylic acids is 3. The van der Waals surface area contributed by atoms with Gasteiger partial charge >= 0.3 is 0 Å². The molecule has 4 aromatic carbocycles. The van der Waals surface area contributed by atoms with Crippen molar-refractivity contribution < 1.29 is 23.9 Å². The highest BCUT2D eigenvalue weighted by Crippen LogP contribution is 2.28. The first kappa shape index (κ1) is 31.2. The zero-order valence-corrected chi connectivity index (χ0v) is 25.1. The maximum absolute atomic E-state index is 13.4. The summed E-state index contributed by atoms with van der Waals surface area (Å²) in [5.74, 6) is 0.0985. The first-order valence-corrected chi connectivity index (χ1v) is 14.7. The van der Waals surface area contributed by atoms with Crippen molar-refractivity contribution in [3.05, 3.63) is 119 Å². The number of ether oxygens (including phenoxy) is 2. The van der Waals surface area contributed by atoms with Crippen molar-refractivity contribution in [2.45, 2.75) is 11.8 Å². The average molecular weight is 616 g/mol. The highest BCUT2D eigenvalue weighted by molar-refractivity contribution is 8.00. The Hall–Kier alpha value is -4.73. The minimum absolute atomic E-state index is 0.0487. The Morgan fingerprint density at radius 2 is 1.58 bits per heavy atom. The predicted molar refractivity (Wildman–Crippen MR) is 172 cm³/mol. The predicted octanol–water partition coefficient (Wildman–Crippen LogP) is 6.89. The van der Waals surface area contributed by atoms with E-state index < -0.39 is 11.8 Å². The molecule has 8 nitrogen and oxygen atoms in total. The summed E-state index contributed by atoms with van der Waals surface area (Å²) in [5.41, 5.74) is 2.11. The smallest absolute Gasteiger partial charge is 0.272 e. The summed E-state index contributed by atoms with van der Waals surface area (Å²) >= 11 is 7.37. The molecule has 3 amide bonds. The number of thioether (sulfide) groups is 1. The van der Waals surface area contributed by atoms with Crippen LogP contribution in [-0.2, 0) is 9.59 Å². The van der Waals surface area contributed by atoms with Gasteiger partial charge in [-0.2, -0.15) is 0 Å². The van der Waals surface area contributed by atoms with Gasteiger partial charge in [0, 0.05) is 26.7 Å². The van der Waals surface area contributed by atoms with Gasteiger partial charge in [0.25, 0.3) is 11.8 Å². The fraction of sp³-hybridized carbons (Fsp3) is 0.121. The van der Waals surface area contributed by atoms with Crippen molar-refractivity contribution in [2.75, 3.05) is 30.1 Å². The van der Waals surface area contributed by atoms with Crippen LogP contribution in [0.4, 0.5) is 11.4 Å². The largest absolute Gasteiger partial charge is 0.495 e. The van der Waals surface area contributed by atoms with E-state index in [1.54, 1.807) is 84.9 Å². The van der Waals surface area contributed by atoms with Crippen LogP contribution >= 0.6 is 23.4 Å². The number of carbonyl (C=O) groups is 3. The first-order chi connectivity index (χ1) is 20.9. The van der Waals surface area contributed by atoms with Crippen LogP contribution in [0.5, 0.6) is 11.5 Å². The molecular weight excluding hydrogens is 586 g/mol. The van der Waals surface area contributed by atoms with Gasteiger partial charge in [-0.1, -0.05) is 48.0 Å². The quantitative estimate of drug-likeness (QED) is 0.118. The Bertz CT molecular complexity index is 1610. The van der Waals surface area contributed by atoms with E-state index >= 15 is 0 Å². The molecule has 4 rings (SSSR count). The number of halogens is 1. The lowest BCUT2D eigenvalue weighted by Crippen LogP contribution is -2.30. The Labute approximate surface area is 259 Å². The molecule has 0 unspecified atom stereocenters. The SMILES string of the molecule is CCOc1ccccc1/C=C(\NC(=O)c1ccccc1)C(=O)Nc1ccc(SCC(=O)Nc2cc(Cl)ccc2OC)cc1. The van der Waals surface area contributed by atoms with Crippen molar-refractivity contribution >= 4 is 58.5 Å². The molecule has 3 N–H and O–H groups in total. The molecular formula is C33H30ClN3O5S. The van der Waals surface area contributed by atoms with Crippen LogP contribution in [0.1, 0.15) is 22.8 Å². The monoisotopic (exact) mass is 615 g/mol. The van der Waals surface area contributed by atoms with E-state index in [0.717, 1.165) is 4.90 Å². The van der Waals surface area contributed by atoms with Gasteiger partial charge in [-0.15, -0.1) is 11.8 Å². The minimum atomic E-state index is -0.508. The second-order valence-corrected chi connectivity index (χ2v) is 10.5. The van der Waals surface area contributed by atoms with Gasteiger partial charge in [0.1, 0.15) is 17.2 Å². The molecule has 220 valence electrons. The molecule has 10 heteroatoms. The zero-order valence-electron chi connectivity index (χ0n) is 23.6. The van der Waals surface area contributed by atoms with E-state index in [-0.39, 0.29) is 17.4 Å². The lowest BCUT2D eigenvalue weighted by Gasteiger charge is -2.13. The average Bonchev–Trinajstić information content (AvgIpc) is 3.02. The van der Waals surface area contributed by atoms with Crippen LogP contribution in [0, 0.1) is 0 Å². The number of hydrogen-bond donors (Lipinski definition) is 3. The summed E-state index contributed by atoms with van der Waals surface area (Å²) < 4.78 is 11.0. The van der Waals surface area contributed by atoms with Crippen molar-refractivity contribution in [2.24, 2.45) is 0 Å². The molecule has 43 heavy (non-hydrogen) atoms. The third-order valence-electron chi connectivity index (χ3n) is 5.97. The van der Waals surface area contributed by atoms with E-state index in [1.165, 1.54) is 18.9 Å². The lowest BCUT2D eigenvalue weighted by molar-refractivity contribution is -0.114. The standard InChI is InChI=1S/C33H30ClN3O5S/c1-3-42-29-12-8-7-11-23(29)19-28(37-32(39)22-9-5-4-6-10-22)33(40)35-25-14-16-26(17-15-25)43-21-31(38)36-27-20-24(34)13-18-30(27)41-2/h4-20H,3,21H2,1-2H3,(H,35,40)(H,36,38)(H,37,39)/b28-19-. The molecule has 0 aliphatic carbocycles. The highest BCUT2D eigenvalue weighted by Gasteiger charge is 2.16. The molecule has 0 fully saturated rings. The van der Waals surface area contributed by atoms with Crippen LogP contribution in [0.25, 0.3) is 6.08 Å². The van der Waals surface area contributed by atoms with Gasteiger partial charge in [0.15, 0.2) is 0 Å². The molecule has 0 saturated heterocycles. The number of amides is 3. The lowest BCUT2D eigenvalue weighted by atomic mass is 10.1. The second kappa shape index (κ2) is 15.5. The number of rotatable bonds is 12. The van der Waals surface area contributed by atoms with Crippen molar-refractivity contribution in [1.82, 2.24) is 5.32 Å². The molecule has 0 atom stereocenters. The van der Waals surface area contributed by atoms with Gasteiger partial charge in [-0.25, -0.2) is 0 Å². The van der Waals surface area contributed by atoms with Gasteiger partial charge in [0.2, 0.25) is 5.91 Å². The van der Waals surface area contributed by atoms with Crippen LogP contribution in [-0.4, -0.2) is 37.2 Å². The Morgan fingerprint density at radius 3 is 2.30 bits per heavy atom. The van der Waals surface area contributed by atoms with Crippen molar-refractivity contribution in [3.63, 3.8) is 0 Å². The van der Waals surface area contributed by atoms with E-state index in [4.69, 9.17) is 21.1 Å². The number of nitrogens with one attached hydrogen (secondary N) is 3. The van der Waals surface area contributed by atoms with Crippen LogP contribution < -0.4 is 25.4 Å². The van der Waals surface area contributed by atoms with E-state index in [0.29, 0.717) is 45.6 Å². The fourth-order valence-electron chi connectivity index (χ4n) is 3.93. The maximum Gasteiger partial charge on any atom is 0.272 e. The van der Waals surface area contributed by atoms with E-state index in [2.05, 4.69) is 16.0 Å². The molecule has 0 aromatic heterocycles. The molecule has 0 heterocycles. The normalized spacial score (nSPS) is 10.9. The van der Waals surface area contributed by atoms with Gasteiger partial charge in [-0.05, 0) is 73.7 Å².